The number of hydroxylamine groups is 1. The van der Waals surface area contributed by atoms with Crippen LogP contribution in [0.25, 0.3) is 28.0 Å². The zero-order chi connectivity index (χ0) is 23.4. The molecular formula is C27H29N5O. The van der Waals surface area contributed by atoms with Gasteiger partial charge in [-0.3, -0.25) is 10.3 Å². The lowest BCUT2D eigenvalue weighted by molar-refractivity contribution is 0.253. The largest absolute Gasteiger partial charge is 0.355 e. The summed E-state index contributed by atoms with van der Waals surface area (Å²) in [5.74, 6) is 0.696. The molecule has 6 nitrogen and oxygen atoms in total. The smallest absolute Gasteiger partial charge is 0.160 e. The van der Waals surface area contributed by atoms with Crippen LogP contribution in [0.15, 0.2) is 73.4 Å². The first-order valence-electron chi connectivity index (χ1n) is 11.0. The molecule has 0 aliphatic rings. The molecule has 4 rings (SSSR count). The number of hydrogen-bond donors (Lipinski definition) is 3. The van der Waals surface area contributed by atoms with Gasteiger partial charge in [-0.1, -0.05) is 36.9 Å². The second kappa shape index (κ2) is 9.81. The lowest BCUT2D eigenvalue weighted by atomic mass is 10.0. The van der Waals surface area contributed by atoms with Gasteiger partial charge in [-0.05, 0) is 68.3 Å². The van der Waals surface area contributed by atoms with Gasteiger partial charge in [0.25, 0.3) is 0 Å². The summed E-state index contributed by atoms with van der Waals surface area (Å²) < 4.78 is 0. The predicted octanol–water partition coefficient (Wildman–Crippen LogP) is 5.54. The molecule has 168 valence electrons. The molecule has 4 N–H and O–H groups in total. The highest BCUT2D eigenvalue weighted by Gasteiger charge is 2.11. The minimum atomic E-state index is 0.497. The molecule has 0 saturated carbocycles. The van der Waals surface area contributed by atoms with E-state index in [4.69, 9.17) is 10.7 Å². The first-order valence-corrected chi connectivity index (χ1v) is 11.0. The lowest BCUT2D eigenvalue weighted by Gasteiger charge is -2.19. The molecule has 0 aliphatic carbocycles. The second-order valence-corrected chi connectivity index (χ2v) is 8.15. The summed E-state index contributed by atoms with van der Waals surface area (Å²) in [6, 6.07) is 19.9. The van der Waals surface area contributed by atoms with Gasteiger partial charge in [-0.15, -0.1) is 0 Å². The van der Waals surface area contributed by atoms with Gasteiger partial charge < -0.3 is 11.1 Å². The average Bonchev–Trinajstić information content (AvgIpc) is 2.83. The molecule has 0 radical (unpaired) electrons. The SMILES string of the molecule is C=C(Nc1ccc(C)c(-c2ncc3ccccc3n2)c1)c1ccc(N(O)CCCN)cc1C. The average molecular weight is 440 g/mol. The number of benzene rings is 3. The minimum absolute atomic E-state index is 0.497. The minimum Gasteiger partial charge on any atom is -0.355 e. The normalized spacial score (nSPS) is 10.9. The number of aryl methyl sites for hydroxylation is 2. The van der Waals surface area contributed by atoms with Crippen molar-refractivity contribution in [2.45, 2.75) is 20.3 Å². The number of nitrogens with two attached hydrogens (primary N) is 1. The van der Waals surface area contributed by atoms with Gasteiger partial charge >= 0.3 is 0 Å². The molecular weight excluding hydrogens is 410 g/mol. The molecule has 0 amide bonds. The van der Waals surface area contributed by atoms with E-state index >= 15 is 0 Å². The Kier molecular flexibility index (Phi) is 6.68. The first-order chi connectivity index (χ1) is 16.0. The second-order valence-electron chi connectivity index (χ2n) is 8.15. The number of hydrogen-bond acceptors (Lipinski definition) is 6. The Labute approximate surface area is 194 Å². The third kappa shape index (κ3) is 5.03. The van der Waals surface area contributed by atoms with E-state index < -0.39 is 0 Å². The van der Waals surface area contributed by atoms with E-state index in [1.807, 2.05) is 61.7 Å². The molecule has 0 saturated heterocycles. The number of rotatable bonds is 8. The van der Waals surface area contributed by atoms with Crippen molar-refractivity contribution in [3.05, 3.63) is 90.1 Å². The van der Waals surface area contributed by atoms with Gasteiger partial charge in [0.15, 0.2) is 5.82 Å². The van der Waals surface area contributed by atoms with Crippen LogP contribution in [0.1, 0.15) is 23.1 Å². The lowest BCUT2D eigenvalue weighted by Crippen LogP contribution is -2.21. The summed E-state index contributed by atoms with van der Waals surface area (Å²) in [5, 5.41) is 15.9. The van der Waals surface area contributed by atoms with Crippen molar-refractivity contribution in [3.8, 4) is 11.4 Å². The molecule has 3 aromatic carbocycles. The van der Waals surface area contributed by atoms with Crippen molar-refractivity contribution in [1.82, 2.24) is 9.97 Å². The van der Waals surface area contributed by atoms with Gasteiger partial charge in [-0.25, -0.2) is 9.97 Å². The summed E-state index contributed by atoms with van der Waals surface area (Å²) in [5.41, 5.74) is 13.0. The van der Waals surface area contributed by atoms with Gasteiger partial charge in [-0.2, -0.15) is 0 Å². The van der Waals surface area contributed by atoms with Crippen molar-refractivity contribution in [3.63, 3.8) is 0 Å². The molecule has 0 spiro atoms. The summed E-state index contributed by atoms with van der Waals surface area (Å²) in [4.78, 5) is 9.33. The van der Waals surface area contributed by atoms with Crippen molar-refractivity contribution < 1.29 is 5.21 Å². The Morgan fingerprint density at radius 3 is 2.67 bits per heavy atom. The molecule has 4 aromatic rings. The number of nitrogens with zero attached hydrogens (tertiary/aromatic N) is 3. The molecule has 33 heavy (non-hydrogen) atoms. The van der Waals surface area contributed by atoms with Crippen molar-refractivity contribution >= 4 is 28.0 Å². The maximum Gasteiger partial charge on any atom is 0.160 e. The van der Waals surface area contributed by atoms with E-state index in [1.54, 1.807) is 0 Å². The Morgan fingerprint density at radius 2 is 1.88 bits per heavy atom. The Balaban J connectivity index is 1.56. The summed E-state index contributed by atoms with van der Waals surface area (Å²) >= 11 is 0. The van der Waals surface area contributed by atoms with Gasteiger partial charge in [0, 0.05) is 40.6 Å². The van der Waals surface area contributed by atoms with Gasteiger partial charge in [0.1, 0.15) is 0 Å². The number of fused-ring (bicyclic) bond motifs is 1. The van der Waals surface area contributed by atoms with Crippen molar-refractivity contribution in [1.29, 1.82) is 0 Å². The maximum atomic E-state index is 10.2. The van der Waals surface area contributed by atoms with E-state index in [1.165, 1.54) is 5.06 Å². The molecule has 6 heteroatoms. The Bertz CT molecular complexity index is 1300. The van der Waals surface area contributed by atoms with E-state index in [2.05, 4.69) is 35.9 Å². The van der Waals surface area contributed by atoms with Gasteiger partial charge in [0.05, 0.1) is 11.2 Å². The molecule has 1 aromatic heterocycles. The zero-order valence-corrected chi connectivity index (χ0v) is 19.0. The molecule has 0 bridgehead atoms. The summed E-state index contributed by atoms with van der Waals surface area (Å²) in [7, 11) is 0. The molecule has 0 fully saturated rings. The standard InChI is InChI=1S/C27H29N5O/c1-18-9-10-22(16-25(18)27-29-17-21-7-4-5-8-26(21)31-27)30-20(3)24-12-11-23(15-19(24)2)32(33)14-6-13-28/h4-5,7-12,15-17,30,33H,3,6,13-14,28H2,1-2H3. The molecule has 1 heterocycles. The third-order valence-electron chi connectivity index (χ3n) is 5.67. The Morgan fingerprint density at radius 1 is 1.06 bits per heavy atom. The third-order valence-corrected chi connectivity index (χ3v) is 5.67. The molecule has 0 aliphatic heterocycles. The summed E-state index contributed by atoms with van der Waals surface area (Å²) in [6.45, 7) is 9.33. The highest BCUT2D eigenvalue weighted by Crippen LogP contribution is 2.28. The van der Waals surface area contributed by atoms with Crippen LogP contribution in [-0.2, 0) is 0 Å². The highest BCUT2D eigenvalue weighted by atomic mass is 16.5. The number of anilines is 2. The first kappa shape index (κ1) is 22.5. The van der Waals surface area contributed by atoms with Crippen LogP contribution in [0.5, 0.6) is 0 Å². The number of nitrogens with one attached hydrogen (secondary N) is 1. The van der Waals surface area contributed by atoms with E-state index in [0.717, 1.165) is 56.6 Å². The topological polar surface area (TPSA) is 87.3 Å². The van der Waals surface area contributed by atoms with Crippen molar-refractivity contribution in [2.24, 2.45) is 5.73 Å². The highest BCUT2D eigenvalue weighted by molar-refractivity contribution is 5.82. The molecule has 0 atom stereocenters. The fraction of sp³-hybridized carbons (Fsp3) is 0.185. The van der Waals surface area contributed by atoms with Crippen molar-refractivity contribution in [2.75, 3.05) is 23.5 Å². The van der Waals surface area contributed by atoms with Crippen LogP contribution < -0.4 is 16.1 Å². The van der Waals surface area contributed by atoms with E-state index in [-0.39, 0.29) is 0 Å². The van der Waals surface area contributed by atoms with Crippen LogP contribution in [0.4, 0.5) is 11.4 Å². The Hall–Kier alpha value is -3.74. The van der Waals surface area contributed by atoms with Crippen LogP contribution in [0.2, 0.25) is 0 Å². The van der Waals surface area contributed by atoms with Crippen LogP contribution in [0, 0.1) is 13.8 Å². The number of aromatic nitrogens is 2. The van der Waals surface area contributed by atoms with E-state index in [9.17, 15) is 5.21 Å². The quantitative estimate of drug-likeness (QED) is 0.312. The zero-order valence-electron chi connectivity index (χ0n) is 19.0. The van der Waals surface area contributed by atoms with Crippen LogP contribution in [0.3, 0.4) is 0 Å². The predicted molar refractivity (Wildman–Crippen MR) is 136 cm³/mol. The maximum absolute atomic E-state index is 10.2. The van der Waals surface area contributed by atoms with E-state index in [0.29, 0.717) is 18.9 Å². The molecule has 0 unspecified atom stereocenters. The monoisotopic (exact) mass is 439 g/mol. The fourth-order valence-electron chi connectivity index (χ4n) is 3.80. The van der Waals surface area contributed by atoms with Crippen LogP contribution >= 0.6 is 0 Å². The fourth-order valence-corrected chi connectivity index (χ4v) is 3.80. The summed E-state index contributed by atoms with van der Waals surface area (Å²) in [6.07, 6.45) is 2.58. The van der Waals surface area contributed by atoms with Crippen LogP contribution in [-0.4, -0.2) is 28.3 Å². The van der Waals surface area contributed by atoms with Gasteiger partial charge in [0.2, 0.25) is 0 Å². The number of para-hydroxylation sites is 1.